The zero-order chi connectivity index (χ0) is 15.2. The summed E-state index contributed by atoms with van der Waals surface area (Å²) in [6, 6.07) is 6.61. The Morgan fingerprint density at radius 1 is 1.10 bits per heavy atom. The molecule has 1 aromatic carbocycles. The number of carbonyl (C=O) groups is 2. The number of carboxylic acid groups (broad SMARTS) is 1. The lowest BCUT2D eigenvalue weighted by Crippen LogP contribution is -2.37. The van der Waals surface area contributed by atoms with Crippen LogP contribution >= 0.6 is 0 Å². The summed E-state index contributed by atoms with van der Waals surface area (Å²) in [7, 11) is 0. The highest BCUT2D eigenvalue weighted by Crippen LogP contribution is 2.24. The van der Waals surface area contributed by atoms with E-state index in [0.29, 0.717) is 25.7 Å². The summed E-state index contributed by atoms with van der Waals surface area (Å²) < 4.78 is 0. The molecule has 0 heterocycles. The van der Waals surface area contributed by atoms with Crippen molar-refractivity contribution in [2.24, 2.45) is 5.92 Å². The van der Waals surface area contributed by atoms with Gasteiger partial charge in [-0.2, -0.15) is 0 Å². The van der Waals surface area contributed by atoms with Crippen LogP contribution < -0.4 is 5.32 Å². The van der Waals surface area contributed by atoms with Gasteiger partial charge in [0.1, 0.15) is 5.75 Å². The molecule has 0 saturated heterocycles. The first-order valence-corrected chi connectivity index (χ1v) is 7.05. The van der Waals surface area contributed by atoms with E-state index in [1.807, 2.05) is 0 Å². The van der Waals surface area contributed by atoms with Gasteiger partial charge < -0.3 is 15.5 Å². The van der Waals surface area contributed by atoms with Crippen LogP contribution in [0.3, 0.4) is 0 Å². The average Bonchev–Trinajstić information content (AvgIpc) is 2.47. The second-order valence-corrected chi connectivity index (χ2v) is 5.32. The Kier molecular flexibility index (Phi) is 4.98. The molecule has 0 radical (unpaired) electrons. The Balaban J connectivity index is 1.80. The number of hydrogen-bond acceptors (Lipinski definition) is 3. The maximum atomic E-state index is 11.8. The summed E-state index contributed by atoms with van der Waals surface area (Å²) in [5.74, 6) is -1.01. The van der Waals surface area contributed by atoms with E-state index in [4.69, 9.17) is 10.2 Å². The van der Waals surface area contributed by atoms with Gasteiger partial charge in [-0.25, -0.2) is 0 Å². The summed E-state index contributed by atoms with van der Waals surface area (Å²) in [4.78, 5) is 22.7. The van der Waals surface area contributed by atoms with Crippen LogP contribution in [-0.4, -0.2) is 28.1 Å². The van der Waals surface area contributed by atoms with Crippen LogP contribution in [0.4, 0.5) is 0 Å². The lowest BCUT2D eigenvalue weighted by atomic mass is 9.86. The molecule has 0 aliphatic heterocycles. The fourth-order valence-electron chi connectivity index (χ4n) is 2.49. The molecule has 5 heteroatoms. The number of aliphatic carboxylic acids is 1. The highest BCUT2D eigenvalue weighted by molar-refractivity contribution is 5.91. The number of aromatic hydroxyl groups is 1. The first-order chi connectivity index (χ1) is 10.0. The Morgan fingerprint density at radius 2 is 1.71 bits per heavy atom. The van der Waals surface area contributed by atoms with E-state index in [0.717, 1.165) is 5.56 Å². The number of phenolic OH excluding ortho intramolecular Hbond substituents is 1. The molecule has 0 aromatic heterocycles. The summed E-state index contributed by atoms with van der Waals surface area (Å²) in [6.07, 6.45) is 5.77. The number of phenols is 1. The lowest BCUT2D eigenvalue weighted by Gasteiger charge is -2.26. The second kappa shape index (κ2) is 6.92. The highest BCUT2D eigenvalue weighted by Gasteiger charge is 2.26. The van der Waals surface area contributed by atoms with Gasteiger partial charge in [-0.1, -0.05) is 12.1 Å². The van der Waals surface area contributed by atoms with Crippen LogP contribution in [0.1, 0.15) is 31.2 Å². The third kappa shape index (κ3) is 4.63. The SMILES string of the molecule is O=C(/C=C/c1ccc(O)cc1)NC1CCC(C(=O)O)CC1. The van der Waals surface area contributed by atoms with Gasteiger partial charge in [0.2, 0.25) is 5.91 Å². The molecule has 1 aliphatic carbocycles. The number of rotatable bonds is 4. The molecule has 112 valence electrons. The number of hydrogen-bond donors (Lipinski definition) is 3. The average molecular weight is 289 g/mol. The van der Waals surface area contributed by atoms with Gasteiger partial charge in [0.25, 0.3) is 0 Å². The van der Waals surface area contributed by atoms with Gasteiger partial charge in [-0.15, -0.1) is 0 Å². The van der Waals surface area contributed by atoms with E-state index in [2.05, 4.69) is 5.32 Å². The molecule has 3 N–H and O–H groups in total. The summed E-state index contributed by atoms with van der Waals surface area (Å²) in [5.41, 5.74) is 0.831. The Labute approximate surface area is 123 Å². The van der Waals surface area contributed by atoms with Gasteiger partial charge in [-0.05, 0) is 49.5 Å². The summed E-state index contributed by atoms with van der Waals surface area (Å²) in [6.45, 7) is 0. The first kappa shape index (κ1) is 15.1. The molecular weight excluding hydrogens is 270 g/mol. The fraction of sp³-hybridized carbons (Fsp3) is 0.375. The zero-order valence-electron chi connectivity index (χ0n) is 11.7. The normalized spacial score (nSPS) is 22.1. The third-order valence-corrected chi connectivity index (χ3v) is 3.74. The molecule has 5 nitrogen and oxygen atoms in total. The molecule has 1 saturated carbocycles. The minimum atomic E-state index is -0.744. The molecule has 21 heavy (non-hydrogen) atoms. The molecule has 2 rings (SSSR count). The molecule has 0 spiro atoms. The molecule has 1 aromatic rings. The van der Waals surface area contributed by atoms with Crippen LogP contribution in [0.2, 0.25) is 0 Å². The van der Waals surface area contributed by atoms with Gasteiger partial charge in [0.15, 0.2) is 0 Å². The predicted octanol–water partition coefficient (Wildman–Crippen LogP) is 2.17. The number of nitrogens with one attached hydrogen (secondary N) is 1. The maximum absolute atomic E-state index is 11.8. The van der Waals surface area contributed by atoms with Gasteiger partial charge in [-0.3, -0.25) is 9.59 Å². The maximum Gasteiger partial charge on any atom is 0.306 e. The first-order valence-electron chi connectivity index (χ1n) is 7.05. The zero-order valence-corrected chi connectivity index (χ0v) is 11.7. The monoisotopic (exact) mass is 289 g/mol. The predicted molar refractivity (Wildman–Crippen MR) is 78.7 cm³/mol. The number of amides is 1. The van der Waals surface area contributed by atoms with E-state index in [1.165, 1.54) is 6.08 Å². The number of carboxylic acids is 1. The highest BCUT2D eigenvalue weighted by atomic mass is 16.4. The molecule has 0 unspecified atom stereocenters. The minimum absolute atomic E-state index is 0.0533. The van der Waals surface area contributed by atoms with Crippen molar-refractivity contribution >= 4 is 18.0 Å². The Hall–Kier alpha value is -2.30. The quantitative estimate of drug-likeness (QED) is 0.741. The molecule has 1 amide bonds. The van der Waals surface area contributed by atoms with Crippen LogP contribution in [0.25, 0.3) is 6.08 Å². The van der Waals surface area contributed by atoms with Crippen molar-refractivity contribution in [3.63, 3.8) is 0 Å². The molecular formula is C16H19NO4. The topological polar surface area (TPSA) is 86.6 Å². The summed E-state index contributed by atoms with van der Waals surface area (Å²) in [5, 5.41) is 21.0. The standard InChI is InChI=1S/C16H19NO4/c18-14-8-1-11(2-9-14)3-10-15(19)17-13-6-4-12(5-7-13)16(20)21/h1-3,8-10,12-13,18H,4-7H2,(H,17,19)(H,20,21)/b10-3+. The largest absolute Gasteiger partial charge is 0.508 e. The number of carbonyl (C=O) groups excluding carboxylic acids is 1. The fourth-order valence-corrected chi connectivity index (χ4v) is 2.49. The second-order valence-electron chi connectivity index (χ2n) is 5.32. The molecule has 0 atom stereocenters. The van der Waals surface area contributed by atoms with E-state index < -0.39 is 5.97 Å². The van der Waals surface area contributed by atoms with Crippen molar-refractivity contribution in [3.8, 4) is 5.75 Å². The van der Waals surface area contributed by atoms with Crippen molar-refractivity contribution in [1.82, 2.24) is 5.32 Å². The van der Waals surface area contributed by atoms with E-state index in [-0.39, 0.29) is 23.6 Å². The Bertz CT molecular complexity index is 528. The number of benzene rings is 1. The van der Waals surface area contributed by atoms with Crippen molar-refractivity contribution in [3.05, 3.63) is 35.9 Å². The Morgan fingerprint density at radius 3 is 2.29 bits per heavy atom. The third-order valence-electron chi connectivity index (χ3n) is 3.74. The van der Waals surface area contributed by atoms with E-state index in [1.54, 1.807) is 30.3 Å². The lowest BCUT2D eigenvalue weighted by molar-refractivity contribution is -0.142. The van der Waals surface area contributed by atoms with Crippen LogP contribution in [0.5, 0.6) is 5.75 Å². The van der Waals surface area contributed by atoms with Crippen LogP contribution in [0.15, 0.2) is 30.3 Å². The van der Waals surface area contributed by atoms with Crippen molar-refractivity contribution in [1.29, 1.82) is 0 Å². The van der Waals surface area contributed by atoms with Crippen LogP contribution in [-0.2, 0) is 9.59 Å². The van der Waals surface area contributed by atoms with Crippen LogP contribution in [0, 0.1) is 5.92 Å². The smallest absolute Gasteiger partial charge is 0.306 e. The van der Waals surface area contributed by atoms with Crippen molar-refractivity contribution in [2.75, 3.05) is 0 Å². The van der Waals surface area contributed by atoms with Gasteiger partial charge >= 0.3 is 5.97 Å². The van der Waals surface area contributed by atoms with E-state index >= 15 is 0 Å². The van der Waals surface area contributed by atoms with Gasteiger partial charge in [0, 0.05) is 12.1 Å². The summed E-state index contributed by atoms with van der Waals surface area (Å²) >= 11 is 0. The van der Waals surface area contributed by atoms with Gasteiger partial charge in [0.05, 0.1) is 5.92 Å². The molecule has 1 fully saturated rings. The minimum Gasteiger partial charge on any atom is -0.508 e. The van der Waals surface area contributed by atoms with Crippen molar-refractivity contribution in [2.45, 2.75) is 31.7 Å². The van der Waals surface area contributed by atoms with E-state index in [9.17, 15) is 9.59 Å². The molecule has 1 aliphatic rings. The van der Waals surface area contributed by atoms with Crippen molar-refractivity contribution < 1.29 is 19.8 Å². The molecule has 0 bridgehead atoms.